The van der Waals surface area contributed by atoms with Gasteiger partial charge in [-0.05, 0) is 91.4 Å². The number of halogens is 1. The minimum atomic E-state index is -0.351. The molecule has 4 aliphatic carbocycles. The molecule has 7 atom stereocenters. The second kappa shape index (κ2) is 6.97. The molecule has 0 aliphatic heterocycles. The van der Waals surface area contributed by atoms with Gasteiger partial charge in [0.1, 0.15) is 0 Å². The number of benzene rings is 1. The molecule has 29 heavy (non-hydrogen) atoms. The smallest absolute Gasteiger partial charge is 0.0809 e. The molecule has 3 heteroatoms. The van der Waals surface area contributed by atoms with Crippen LogP contribution in [0.5, 0.6) is 0 Å². The highest BCUT2D eigenvalue weighted by atomic mass is 35.5. The first kappa shape index (κ1) is 19.8. The van der Waals surface area contributed by atoms with Crippen LogP contribution in [0.1, 0.15) is 64.4 Å². The van der Waals surface area contributed by atoms with E-state index in [1.807, 2.05) is 24.3 Å². The minimum absolute atomic E-state index is 0.0185. The van der Waals surface area contributed by atoms with Gasteiger partial charge in [-0.25, -0.2) is 0 Å². The molecule has 4 aliphatic rings. The van der Waals surface area contributed by atoms with Gasteiger partial charge in [0.05, 0.1) is 12.2 Å². The van der Waals surface area contributed by atoms with Gasteiger partial charge in [0.15, 0.2) is 0 Å². The summed E-state index contributed by atoms with van der Waals surface area (Å²) in [6, 6.07) is 7.93. The summed E-state index contributed by atoms with van der Waals surface area (Å²) < 4.78 is 0. The van der Waals surface area contributed by atoms with E-state index in [1.165, 1.54) is 17.6 Å². The van der Waals surface area contributed by atoms with Crippen LogP contribution >= 0.6 is 11.6 Å². The fourth-order valence-electron chi connectivity index (χ4n) is 7.41. The predicted molar refractivity (Wildman–Crippen MR) is 119 cm³/mol. The molecular weight excluding hydrogens is 380 g/mol. The molecule has 0 spiro atoms. The van der Waals surface area contributed by atoms with Gasteiger partial charge in [-0.1, -0.05) is 55.3 Å². The molecular formula is C26H33ClO2. The molecule has 0 unspecified atom stereocenters. The maximum atomic E-state index is 11.3. The molecule has 1 aromatic carbocycles. The molecule has 2 nitrogen and oxygen atoms in total. The van der Waals surface area contributed by atoms with Crippen LogP contribution < -0.4 is 0 Å². The van der Waals surface area contributed by atoms with Crippen LogP contribution in [-0.4, -0.2) is 22.4 Å². The Balaban J connectivity index is 1.46. The molecule has 0 amide bonds. The second-order valence-corrected chi connectivity index (χ2v) is 11.0. The van der Waals surface area contributed by atoms with E-state index in [9.17, 15) is 10.2 Å². The molecule has 1 aromatic rings. The van der Waals surface area contributed by atoms with Crippen LogP contribution in [0.15, 0.2) is 41.5 Å². The zero-order valence-corrected chi connectivity index (χ0v) is 18.3. The zero-order valence-electron chi connectivity index (χ0n) is 17.6. The normalized spacial score (nSPS) is 45.3. The number of allylic oxidation sites excluding steroid dienone is 1. The van der Waals surface area contributed by atoms with Gasteiger partial charge in [0.25, 0.3) is 0 Å². The highest BCUT2D eigenvalue weighted by Gasteiger charge is 2.59. The van der Waals surface area contributed by atoms with E-state index in [-0.39, 0.29) is 23.0 Å². The fraction of sp³-hybridized carbons (Fsp3) is 0.615. The molecule has 3 saturated carbocycles. The summed E-state index contributed by atoms with van der Waals surface area (Å²) in [6.45, 7) is 4.79. The third kappa shape index (κ3) is 3.06. The van der Waals surface area contributed by atoms with Crippen molar-refractivity contribution in [1.29, 1.82) is 0 Å². The lowest BCUT2D eigenvalue weighted by Crippen LogP contribution is -2.51. The fourth-order valence-corrected chi connectivity index (χ4v) is 7.54. The number of aliphatic hydroxyl groups excluding tert-OH is 2. The van der Waals surface area contributed by atoms with Gasteiger partial charge in [0.2, 0.25) is 0 Å². The summed E-state index contributed by atoms with van der Waals surface area (Å²) in [7, 11) is 0. The average Bonchev–Trinajstić information content (AvgIpc) is 2.95. The maximum absolute atomic E-state index is 11.3. The number of hydrogen-bond donors (Lipinski definition) is 2. The molecule has 0 heterocycles. The molecule has 0 bridgehead atoms. The van der Waals surface area contributed by atoms with Gasteiger partial charge in [-0.3, -0.25) is 0 Å². The molecule has 0 saturated heterocycles. The Morgan fingerprint density at radius 1 is 1.00 bits per heavy atom. The lowest BCUT2D eigenvalue weighted by atomic mass is 9.48. The van der Waals surface area contributed by atoms with Crippen molar-refractivity contribution in [3.63, 3.8) is 0 Å². The lowest BCUT2D eigenvalue weighted by molar-refractivity contribution is -0.0685. The van der Waals surface area contributed by atoms with Gasteiger partial charge >= 0.3 is 0 Å². The number of hydrogen-bond acceptors (Lipinski definition) is 2. The van der Waals surface area contributed by atoms with Crippen LogP contribution in [0.4, 0.5) is 0 Å². The van der Waals surface area contributed by atoms with Crippen molar-refractivity contribution in [1.82, 2.24) is 0 Å². The van der Waals surface area contributed by atoms with Crippen LogP contribution in [0.3, 0.4) is 0 Å². The quantitative estimate of drug-likeness (QED) is 0.554. The Labute approximate surface area is 179 Å². The Morgan fingerprint density at radius 2 is 1.76 bits per heavy atom. The molecule has 156 valence electrons. The largest absolute Gasteiger partial charge is 0.393 e. The summed E-state index contributed by atoms with van der Waals surface area (Å²) in [5.41, 5.74) is 4.06. The van der Waals surface area contributed by atoms with Gasteiger partial charge in [-0.15, -0.1) is 0 Å². The Kier molecular flexibility index (Phi) is 4.77. The third-order valence-electron chi connectivity index (χ3n) is 9.17. The van der Waals surface area contributed by atoms with Crippen LogP contribution in [0.2, 0.25) is 5.02 Å². The van der Waals surface area contributed by atoms with E-state index < -0.39 is 0 Å². The van der Waals surface area contributed by atoms with Crippen molar-refractivity contribution in [2.75, 3.05) is 0 Å². The van der Waals surface area contributed by atoms with E-state index in [0.29, 0.717) is 17.8 Å². The average molecular weight is 413 g/mol. The molecule has 2 N–H and O–H groups in total. The van der Waals surface area contributed by atoms with Gasteiger partial charge < -0.3 is 10.2 Å². The number of aliphatic hydroxyl groups is 2. The third-order valence-corrected chi connectivity index (χ3v) is 9.42. The van der Waals surface area contributed by atoms with Crippen LogP contribution in [0.25, 0.3) is 6.08 Å². The van der Waals surface area contributed by atoms with Crippen molar-refractivity contribution >= 4 is 17.7 Å². The highest BCUT2D eigenvalue weighted by molar-refractivity contribution is 6.30. The number of fused-ring (bicyclic) bond motifs is 5. The monoisotopic (exact) mass is 412 g/mol. The van der Waals surface area contributed by atoms with E-state index in [0.717, 1.165) is 49.1 Å². The molecule has 0 aromatic heterocycles. The van der Waals surface area contributed by atoms with E-state index in [2.05, 4.69) is 26.0 Å². The Hall–Kier alpha value is -1.09. The molecule has 3 fully saturated rings. The van der Waals surface area contributed by atoms with Crippen LogP contribution in [0, 0.1) is 28.6 Å². The summed E-state index contributed by atoms with van der Waals surface area (Å²) in [4.78, 5) is 0. The molecule has 5 rings (SSSR count). The van der Waals surface area contributed by atoms with E-state index in [4.69, 9.17) is 11.6 Å². The first-order valence-corrected chi connectivity index (χ1v) is 11.7. The summed E-state index contributed by atoms with van der Waals surface area (Å²) >= 11 is 6.04. The first-order valence-electron chi connectivity index (χ1n) is 11.3. The zero-order chi connectivity index (χ0) is 20.4. The van der Waals surface area contributed by atoms with Crippen molar-refractivity contribution in [2.45, 2.75) is 71.0 Å². The first-order chi connectivity index (χ1) is 13.8. The van der Waals surface area contributed by atoms with Crippen molar-refractivity contribution < 1.29 is 10.2 Å². The summed E-state index contributed by atoms with van der Waals surface area (Å²) in [6.07, 6.45) is 11.5. The minimum Gasteiger partial charge on any atom is -0.393 e. The van der Waals surface area contributed by atoms with Crippen molar-refractivity contribution in [3.05, 3.63) is 52.1 Å². The standard InChI is InChI=1S/C26H33ClO2/c1-25-11-9-20(28)15-18(25)5-8-21-22(25)10-12-26(2)23(21)14-17(24(26)29)13-16-3-6-19(27)7-4-16/h3-7,13,20-24,28-29H,8-12,14-15H2,1-2H3/b17-13+/t20-,21-,22+,23+,24+,25-,26-/m0/s1. The summed E-state index contributed by atoms with van der Waals surface area (Å²) in [5, 5.41) is 22.3. The maximum Gasteiger partial charge on any atom is 0.0809 e. The van der Waals surface area contributed by atoms with E-state index >= 15 is 0 Å². The molecule has 0 radical (unpaired) electrons. The highest BCUT2D eigenvalue weighted by Crippen LogP contribution is 2.65. The van der Waals surface area contributed by atoms with E-state index in [1.54, 1.807) is 0 Å². The van der Waals surface area contributed by atoms with Crippen molar-refractivity contribution in [3.8, 4) is 0 Å². The Bertz CT molecular complexity index is 856. The van der Waals surface area contributed by atoms with Gasteiger partial charge in [-0.2, -0.15) is 0 Å². The topological polar surface area (TPSA) is 40.5 Å². The lowest BCUT2D eigenvalue weighted by Gasteiger charge is -2.57. The van der Waals surface area contributed by atoms with Crippen LogP contribution in [-0.2, 0) is 0 Å². The summed E-state index contributed by atoms with van der Waals surface area (Å²) in [5.74, 6) is 1.87. The van der Waals surface area contributed by atoms with Crippen molar-refractivity contribution in [2.24, 2.45) is 28.6 Å². The number of rotatable bonds is 1. The predicted octanol–water partition coefficient (Wildman–Crippen LogP) is 6.02. The Morgan fingerprint density at radius 3 is 2.52 bits per heavy atom. The second-order valence-electron chi connectivity index (χ2n) is 10.6. The SMILES string of the molecule is C[C@]12CC[C@@H]3[C@H](CC=C4C[C@@H](O)CC[C@@]43C)[C@H]1C/C(=C\c1ccc(Cl)cc1)[C@H]2O. The van der Waals surface area contributed by atoms with Gasteiger partial charge in [0, 0.05) is 10.4 Å².